The molecule has 4 rings (SSSR count). The number of nitrogens with one attached hydrogen (secondary N) is 1. The highest BCUT2D eigenvalue weighted by Crippen LogP contribution is 2.26. The lowest BCUT2D eigenvalue weighted by Crippen LogP contribution is -2.65. The number of rotatable bonds is 4. The first-order chi connectivity index (χ1) is 16.3. The lowest BCUT2D eigenvalue weighted by molar-refractivity contribution is -0.134. The number of nitrogens with zero attached hydrogens (tertiary/aromatic N) is 4. The Morgan fingerprint density at radius 2 is 1.74 bits per heavy atom. The zero-order chi connectivity index (χ0) is 24.3. The average molecular weight is 498 g/mol. The molecule has 1 aromatic carbocycles. The number of amides is 3. The third kappa shape index (κ3) is 5.08. The minimum atomic E-state index is -4.06. The van der Waals surface area contributed by atoms with Crippen LogP contribution >= 0.6 is 0 Å². The van der Waals surface area contributed by atoms with Crippen molar-refractivity contribution < 1.29 is 32.3 Å². The van der Waals surface area contributed by atoms with Crippen LogP contribution in [-0.2, 0) is 19.7 Å². The number of ether oxygens (including phenoxy) is 1. The number of benzene rings is 1. The summed E-state index contributed by atoms with van der Waals surface area (Å²) in [5.74, 6) is -1.24. The first-order valence-corrected chi connectivity index (χ1v) is 12.5. The Hall–Kier alpha value is -2.58. The molecule has 0 bridgehead atoms. The molecule has 0 radical (unpaired) electrons. The minimum Gasteiger partial charge on any atom is -0.378 e. The molecule has 0 saturated carbocycles. The molecule has 11 nitrogen and oxygen atoms in total. The summed E-state index contributed by atoms with van der Waals surface area (Å²) in [4.78, 5) is 28.3. The highest BCUT2D eigenvalue weighted by Gasteiger charge is 2.44. The van der Waals surface area contributed by atoms with Crippen molar-refractivity contribution in [2.75, 3.05) is 59.0 Å². The van der Waals surface area contributed by atoms with Gasteiger partial charge >= 0.3 is 6.03 Å². The molecule has 2 saturated heterocycles. The van der Waals surface area contributed by atoms with Gasteiger partial charge < -0.3 is 14.5 Å². The van der Waals surface area contributed by atoms with Crippen molar-refractivity contribution >= 4 is 27.7 Å². The SMILES string of the molecule is O=C(NO)[C@H]1CN(C(=O)N2CCOCC2)CCN1S(=O)(=O)N1CC=C(c2ccc(F)cc2)CC1. The van der Waals surface area contributed by atoms with E-state index in [1.807, 2.05) is 0 Å². The number of carbonyl (C=O) groups excluding carboxylic acids is 2. The van der Waals surface area contributed by atoms with E-state index in [1.165, 1.54) is 26.8 Å². The predicted octanol–water partition coefficient (Wildman–Crippen LogP) is 0.103. The molecule has 0 aromatic heterocycles. The van der Waals surface area contributed by atoms with Crippen LogP contribution < -0.4 is 5.48 Å². The van der Waals surface area contributed by atoms with E-state index < -0.39 is 22.2 Å². The van der Waals surface area contributed by atoms with E-state index in [0.29, 0.717) is 32.7 Å². The second kappa shape index (κ2) is 10.4. The van der Waals surface area contributed by atoms with Crippen LogP contribution in [-0.4, -0.2) is 109 Å². The van der Waals surface area contributed by atoms with Gasteiger partial charge in [-0.05, 0) is 29.7 Å². The van der Waals surface area contributed by atoms with E-state index in [-0.39, 0.29) is 44.6 Å². The third-order valence-corrected chi connectivity index (χ3v) is 8.32. The van der Waals surface area contributed by atoms with Crippen LogP contribution in [0.1, 0.15) is 12.0 Å². The van der Waals surface area contributed by atoms with Gasteiger partial charge in [0.25, 0.3) is 16.1 Å². The van der Waals surface area contributed by atoms with Crippen LogP contribution in [0.2, 0.25) is 0 Å². The number of hydrogen-bond acceptors (Lipinski definition) is 6. The number of halogens is 1. The lowest BCUT2D eigenvalue weighted by atomic mass is 10.0. The fourth-order valence-corrected chi connectivity index (χ4v) is 6.07. The van der Waals surface area contributed by atoms with Crippen molar-refractivity contribution in [2.45, 2.75) is 12.5 Å². The van der Waals surface area contributed by atoms with Gasteiger partial charge in [0.1, 0.15) is 11.9 Å². The van der Waals surface area contributed by atoms with Crippen LogP contribution in [0.25, 0.3) is 5.57 Å². The van der Waals surface area contributed by atoms with Gasteiger partial charge in [-0.15, -0.1) is 0 Å². The maximum absolute atomic E-state index is 13.4. The maximum Gasteiger partial charge on any atom is 0.320 e. The van der Waals surface area contributed by atoms with Crippen molar-refractivity contribution in [3.63, 3.8) is 0 Å². The summed E-state index contributed by atoms with van der Waals surface area (Å²) in [5.41, 5.74) is 3.27. The number of urea groups is 1. The van der Waals surface area contributed by atoms with Crippen molar-refractivity contribution in [3.05, 3.63) is 41.7 Å². The minimum absolute atomic E-state index is 0.0818. The third-order valence-electron chi connectivity index (χ3n) is 6.31. The summed E-state index contributed by atoms with van der Waals surface area (Å²) in [6.45, 7) is 1.83. The lowest BCUT2D eigenvalue weighted by Gasteiger charge is -2.43. The first-order valence-electron chi connectivity index (χ1n) is 11.1. The fourth-order valence-electron chi connectivity index (χ4n) is 4.39. The Bertz CT molecular complexity index is 1040. The second-order valence-electron chi connectivity index (χ2n) is 8.28. The van der Waals surface area contributed by atoms with E-state index in [0.717, 1.165) is 15.4 Å². The van der Waals surface area contributed by atoms with Crippen molar-refractivity contribution in [2.24, 2.45) is 0 Å². The molecule has 3 amide bonds. The van der Waals surface area contributed by atoms with Crippen molar-refractivity contribution in [1.29, 1.82) is 0 Å². The van der Waals surface area contributed by atoms with Gasteiger partial charge in [-0.1, -0.05) is 18.2 Å². The largest absolute Gasteiger partial charge is 0.378 e. The number of morpholine rings is 1. The molecular weight excluding hydrogens is 469 g/mol. The highest BCUT2D eigenvalue weighted by molar-refractivity contribution is 7.86. The summed E-state index contributed by atoms with van der Waals surface area (Å²) < 4.78 is 47.6. The van der Waals surface area contributed by atoms with Crippen LogP contribution in [0, 0.1) is 5.82 Å². The molecule has 1 aromatic rings. The van der Waals surface area contributed by atoms with Gasteiger partial charge in [-0.25, -0.2) is 14.7 Å². The molecule has 3 aliphatic heterocycles. The van der Waals surface area contributed by atoms with Crippen LogP contribution in [0.3, 0.4) is 0 Å². The molecule has 186 valence electrons. The summed E-state index contributed by atoms with van der Waals surface area (Å²) in [6.07, 6.45) is 2.20. The Kier molecular flexibility index (Phi) is 7.48. The van der Waals surface area contributed by atoms with Crippen molar-refractivity contribution in [3.8, 4) is 0 Å². The Labute approximate surface area is 197 Å². The van der Waals surface area contributed by atoms with Crippen molar-refractivity contribution in [1.82, 2.24) is 23.9 Å². The molecule has 3 aliphatic rings. The molecule has 34 heavy (non-hydrogen) atoms. The van der Waals surface area contributed by atoms with Gasteiger partial charge in [0, 0.05) is 45.8 Å². The molecule has 0 unspecified atom stereocenters. The van der Waals surface area contributed by atoms with E-state index >= 15 is 0 Å². The van der Waals surface area contributed by atoms with E-state index in [2.05, 4.69) is 0 Å². The molecule has 1 atom stereocenters. The predicted molar refractivity (Wildman–Crippen MR) is 119 cm³/mol. The molecule has 3 heterocycles. The van der Waals surface area contributed by atoms with E-state index in [1.54, 1.807) is 23.1 Å². The molecular formula is C21H28FN5O6S. The smallest absolute Gasteiger partial charge is 0.320 e. The second-order valence-corrected chi connectivity index (χ2v) is 10.2. The van der Waals surface area contributed by atoms with E-state index in [9.17, 15) is 27.6 Å². The van der Waals surface area contributed by atoms with Gasteiger partial charge in [-0.3, -0.25) is 10.0 Å². The molecule has 2 N–H and O–H groups in total. The summed E-state index contributed by atoms with van der Waals surface area (Å²) in [7, 11) is -4.06. The van der Waals surface area contributed by atoms with Crippen LogP contribution in [0.4, 0.5) is 9.18 Å². The number of piperazine rings is 1. The standard InChI is InChI=1S/C21H28FN5O6S/c22-18-3-1-16(2-4-18)17-5-7-26(8-6-17)34(31,32)27-10-9-25(15-19(27)20(28)23-30)21(29)24-11-13-33-14-12-24/h1-5,19,30H,6-15H2,(H,23,28)/t19-/m1/s1. The topological polar surface area (TPSA) is 123 Å². The van der Waals surface area contributed by atoms with Crippen LogP contribution in [0.15, 0.2) is 30.3 Å². The van der Waals surface area contributed by atoms with Gasteiger partial charge in [0.15, 0.2) is 0 Å². The monoisotopic (exact) mass is 497 g/mol. The number of hydrogen-bond donors (Lipinski definition) is 2. The number of carbonyl (C=O) groups is 2. The zero-order valence-electron chi connectivity index (χ0n) is 18.6. The Balaban J connectivity index is 1.47. The summed E-state index contributed by atoms with van der Waals surface area (Å²) >= 11 is 0. The quantitative estimate of drug-likeness (QED) is 0.450. The first kappa shape index (κ1) is 24.5. The van der Waals surface area contributed by atoms with E-state index in [4.69, 9.17) is 4.74 Å². The maximum atomic E-state index is 13.4. The average Bonchev–Trinajstić information content (AvgIpc) is 2.88. The van der Waals surface area contributed by atoms with Gasteiger partial charge in [-0.2, -0.15) is 17.0 Å². The molecule has 0 aliphatic carbocycles. The molecule has 13 heteroatoms. The fraction of sp³-hybridized carbons (Fsp3) is 0.524. The normalized spacial score (nSPS) is 22.9. The highest BCUT2D eigenvalue weighted by atomic mass is 32.2. The molecule has 2 fully saturated rings. The Morgan fingerprint density at radius 1 is 1.03 bits per heavy atom. The number of hydroxylamine groups is 1. The summed E-state index contributed by atoms with van der Waals surface area (Å²) in [5, 5.41) is 9.23. The van der Waals surface area contributed by atoms with Gasteiger partial charge in [0.2, 0.25) is 0 Å². The molecule has 0 spiro atoms. The van der Waals surface area contributed by atoms with Crippen LogP contribution in [0.5, 0.6) is 0 Å². The Morgan fingerprint density at radius 3 is 2.35 bits per heavy atom. The zero-order valence-corrected chi connectivity index (χ0v) is 19.4. The summed E-state index contributed by atoms with van der Waals surface area (Å²) in [6, 6.07) is 4.46. The van der Waals surface area contributed by atoms with Gasteiger partial charge in [0.05, 0.1) is 13.2 Å².